The van der Waals surface area contributed by atoms with E-state index in [1.165, 1.54) is 48.9 Å². The maximum absolute atomic E-state index is 13.0. The van der Waals surface area contributed by atoms with Gasteiger partial charge in [-0.05, 0) is 45.4 Å². The van der Waals surface area contributed by atoms with Crippen molar-refractivity contribution in [2.24, 2.45) is 0 Å². The molecule has 2 rings (SSSR count). The van der Waals surface area contributed by atoms with Crippen molar-refractivity contribution < 1.29 is 31.2 Å². The zero-order valence-electron chi connectivity index (χ0n) is 18.2. The Hall–Kier alpha value is -2.73. The predicted octanol–water partition coefficient (Wildman–Crippen LogP) is 2.48. The second-order valence-electron chi connectivity index (χ2n) is 7.17. The Morgan fingerprint density at radius 2 is 1.88 bits per heavy atom. The maximum Gasteiger partial charge on any atom is 0.416 e. The highest BCUT2D eigenvalue weighted by Crippen LogP contribution is 2.30. The highest BCUT2D eigenvalue weighted by Gasteiger charge is 2.31. The standard InChI is InChI=1S/C20H25F3N4O4S/c1-5-32(30,31)26(4)11-7-10-24-19(29)18(28)17-13(2)25-27(14(17)3)16-9-6-8-15(12-16)20(21,22)23/h6,8-9,12H,5,7,10-11H2,1-4H3,(H,24,29). The number of hydrogen-bond acceptors (Lipinski definition) is 5. The fourth-order valence-corrected chi connectivity index (χ4v) is 3.94. The molecule has 0 aliphatic rings. The van der Waals surface area contributed by atoms with E-state index in [9.17, 15) is 31.2 Å². The highest BCUT2D eigenvalue weighted by atomic mass is 32.2. The number of carbonyl (C=O) groups excluding carboxylic acids is 2. The van der Waals surface area contributed by atoms with Crippen LogP contribution in [0.3, 0.4) is 0 Å². The van der Waals surface area contributed by atoms with E-state index in [0.29, 0.717) is 6.42 Å². The van der Waals surface area contributed by atoms with Gasteiger partial charge in [0.15, 0.2) is 0 Å². The third-order valence-corrected chi connectivity index (χ3v) is 6.78. The molecule has 0 atom stereocenters. The highest BCUT2D eigenvalue weighted by molar-refractivity contribution is 7.89. The minimum atomic E-state index is -4.53. The first-order valence-electron chi connectivity index (χ1n) is 9.80. The lowest BCUT2D eigenvalue weighted by molar-refractivity contribution is -0.137. The molecule has 0 fully saturated rings. The molecule has 8 nitrogen and oxygen atoms in total. The summed E-state index contributed by atoms with van der Waals surface area (Å²) in [6, 6.07) is 4.49. The molecule has 1 aromatic carbocycles. The van der Waals surface area contributed by atoms with Gasteiger partial charge in [-0.25, -0.2) is 17.4 Å². The first kappa shape index (κ1) is 25.5. The topological polar surface area (TPSA) is 101 Å². The van der Waals surface area contributed by atoms with Crippen molar-refractivity contribution in [3.8, 4) is 5.69 Å². The normalized spacial score (nSPS) is 12.2. The van der Waals surface area contributed by atoms with Crippen molar-refractivity contribution in [2.75, 3.05) is 25.9 Å². The number of amides is 1. The van der Waals surface area contributed by atoms with Gasteiger partial charge in [-0.15, -0.1) is 0 Å². The number of alkyl halides is 3. The Morgan fingerprint density at radius 3 is 2.47 bits per heavy atom. The van der Waals surface area contributed by atoms with Crippen LogP contribution in [0.5, 0.6) is 0 Å². The van der Waals surface area contributed by atoms with E-state index in [-0.39, 0.29) is 41.5 Å². The quantitative estimate of drug-likeness (QED) is 0.342. The Labute approximate surface area is 184 Å². The molecule has 0 radical (unpaired) electrons. The molecule has 0 unspecified atom stereocenters. The van der Waals surface area contributed by atoms with Gasteiger partial charge in [-0.2, -0.15) is 18.3 Å². The van der Waals surface area contributed by atoms with Crippen molar-refractivity contribution in [1.82, 2.24) is 19.4 Å². The monoisotopic (exact) mass is 474 g/mol. The number of aromatic nitrogens is 2. The molecule has 32 heavy (non-hydrogen) atoms. The maximum atomic E-state index is 13.0. The Morgan fingerprint density at radius 1 is 1.22 bits per heavy atom. The van der Waals surface area contributed by atoms with E-state index in [0.717, 1.165) is 12.1 Å². The largest absolute Gasteiger partial charge is 0.416 e. The van der Waals surface area contributed by atoms with E-state index in [1.807, 2.05) is 0 Å². The zero-order valence-corrected chi connectivity index (χ0v) is 19.0. The minimum Gasteiger partial charge on any atom is -0.349 e. The second-order valence-corrected chi connectivity index (χ2v) is 9.53. The van der Waals surface area contributed by atoms with Crippen LogP contribution in [0.2, 0.25) is 0 Å². The number of halogens is 3. The van der Waals surface area contributed by atoms with Gasteiger partial charge >= 0.3 is 6.18 Å². The second kappa shape index (κ2) is 9.82. The van der Waals surface area contributed by atoms with Gasteiger partial charge in [0, 0.05) is 20.1 Å². The molecule has 12 heteroatoms. The lowest BCUT2D eigenvalue weighted by atomic mass is 10.1. The van der Waals surface area contributed by atoms with Gasteiger partial charge in [0.1, 0.15) is 0 Å². The lowest BCUT2D eigenvalue weighted by Crippen LogP contribution is -2.35. The van der Waals surface area contributed by atoms with Gasteiger partial charge in [0.05, 0.1) is 34.0 Å². The van der Waals surface area contributed by atoms with Crippen molar-refractivity contribution in [1.29, 1.82) is 0 Å². The van der Waals surface area contributed by atoms with Crippen LogP contribution in [0.25, 0.3) is 5.69 Å². The molecule has 0 aliphatic heterocycles. The molecule has 1 amide bonds. The summed E-state index contributed by atoms with van der Waals surface area (Å²) in [7, 11) is -1.90. The third kappa shape index (κ3) is 5.74. The molecular formula is C20H25F3N4O4S. The Kier molecular flexibility index (Phi) is 7.83. The molecule has 1 aromatic heterocycles. The van der Waals surface area contributed by atoms with Crippen LogP contribution in [-0.4, -0.2) is 60.1 Å². The van der Waals surface area contributed by atoms with Crippen LogP contribution in [0, 0.1) is 13.8 Å². The number of rotatable bonds is 9. The molecule has 1 N–H and O–H groups in total. The zero-order chi connectivity index (χ0) is 24.3. The first-order valence-corrected chi connectivity index (χ1v) is 11.4. The van der Waals surface area contributed by atoms with Crippen LogP contribution in [-0.2, 0) is 21.0 Å². The van der Waals surface area contributed by atoms with Crippen molar-refractivity contribution >= 4 is 21.7 Å². The summed E-state index contributed by atoms with van der Waals surface area (Å²) >= 11 is 0. The van der Waals surface area contributed by atoms with Gasteiger partial charge in [0.2, 0.25) is 10.0 Å². The van der Waals surface area contributed by atoms with Crippen molar-refractivity contribution in [3.63, 3.8) is 0 Å². The van der Waals surface area contributed by atoms with E-state index in [2.05, 4.69) is 10.4 Å². The average Bonchev–Trinajstić information content (AvgIpc) is 3.03. The fourth-order valence-electron chi connectivity index (χ4n) is 3.09. The number of nitrogens with one attached hydrogen (secondary N) is 1. The van der Waals surface area contributed by atoms with E-state index in [1.54, 1.807) is 0 Å². The Bertz CT molecular complexity index is 1110. The summed E-state index contributed by atoms with van der Waals surface area (Å²) in [5.41, 5.74) is -0.307. The third-order valence-electron chi connectivity index (χ3n) is 4.92. The number of benzene rings is 1. The van der Waals surface area contributed by atoms with Crippen LogP contribution in [0.4, 0.5) is 13.2 Å². The number of aryl methyl sites for hydroxylation is 1. The molecule has 0 aliphatic carbocycles. The van der Waals surface area contributed by atoms with Crippen LogP contribution < -0.4 is 5.32 Å². The SMILES string of the molecule is CCS(=O)(=O)N(C)CCCNC(=O)C(=O)c1c(C)nn(-c2cccc(C(F)(F)F)c2)c1C. The van der Waals surface area contributed by atoms with E-state index in [4.69, 9.17) is 0 Å². The van der Waals surface area contributed by atoms with Crippen LogP contribution in [0.1, 0.15) is 40.7 Å². The molecule has 0 spiro atoms. The van der Waals surface area contributed by atoms with Crippen molar-refractivity contribution in [3.05, 3.63) is 46.8 Å². The van der Waals surface area contributed by atoms with Gasteiger partial charge in [-0.3, -0.25) is 9.59 Å². The van der Waals surface area contributed by atoms with E-state index < -0.39 is 33.5 Å². The minimum absolute atomic E-state index is 0.00518. The van der Waals surface area contributed by atoms with Gasteiger partial charge in [0.25, 0.3) is 11.7 Å². The molecule has 0 saturated heterocycles. The van der Waals surface area contributed by atoms with Gasteiger partial charge < -0.3 is 5.32 Å². The van der Waals surface area contributed by atoms with Crippen molar-refractivity contribution in [2.45, 2.75) is 33.4 Å². The predicted molar refractivity (Wildman–Crippen MR) is 112 cm³/mol. The molecule has 0 bridgehead atoms. The number of ketones is 1. The molecule has 2 aromatic rings. The smallest absolute Gasteiger partial charge is 0.349 e. The average molecular weight is 475 g/mol. The van der Waals surface area contributed by atoms with Gasteiger partial charge in [-0.1, -0.05) is 6.07 Å². The summed E-state index contributed by atoms with van der Waals surface area (Å²) in [6.07, 6.45) is -4.23. The Balaban J connectivity index is 2.12. The number of nitrogens with zero attached hydrogens (tertiary/aromatic N) is 3. The molecule has 176 valence electrons. The van der Waals surface area contributed by atoms with Crippen LogP contribution >= 0.6 is 0 Å². The number of Topliss-reactive ketones (excluding diaryl/α,β-unsaturated/α-hetero) is 1. The fraction of sp³-hybridized carbons (Fsp3) is 0.450. The first-order chi connectivity index (χ1) is 14.8. The molecule has 0 saturated carbocycles. The number of hydrogen-bond donors (Lipinski definition) is 1. The number of sulfonamides is 1. The summed E-state index contributed by atoms with van der Waals surface area (Å²) in [5, 5.41) is 6.58. The number of carbonyl (C=O) groups is 2. The summed E-state index contributed by atoms with van der Waals surface area (Å²) in [6.45, 7) is 4.76. The summed E-state index contributed by atoms with van der Waals surface area (Å²) in [4.78, 5) is 24.9. The molecular weight excluding hydrogens is 449 g/mol. The summed E-state index contributed by atoms with van der Waals surface area (Å²) < 4.78 is 64.8. The lowest BCUT2D eigenvalue weighted by Gasteiger charge is -2.15. The summed E-state index contributed by atoms with van der Waals surface area (Å²) in [5.74, 6) is -1.81. The molecule has 1 heterocycles. The van der Waals surface area contributed by atoms with Crippen LogP contribution in [0.15, 0.2) is 24.3 Å². The van der Waals surface area contributed by atoms with E-state index >= 15 is 0 Å².